The summed E-state index contributed by atoms with van der Waals surface area (Å²) >= 11 is 0. The van der Waals surface area contributed by atoms with E-state index in [1.807, 2.05) is 24.3 Å². The molecule has 1 aromatic carbocycles. The number of hydrogen-bond donors (Lipinski definition) is 0. The molecule has 1 aromatic rings. The molecule has 0 N–H and O–H groups in total. The Kier molecular flexibility index (Phi) is 3.34. The van der Waals surface area contributed by atoms with Gasteiger partial charge in [0.25, 0.3) is 0 Å². The minimum atomic E-state index is 0.215. The second-order valence-electron chi connectivity index (χ2n) is 5.65. The van der Waals surface area contributed by atoms with Crippen molar-refractivity contribution in [1.29, 1.82) is 5.26 Å². The quantitative estimate of drug-likeness (QED) is 0.738. The number of aldehydes is 1. The van der Waals surface area contributed by atoms with Gasteiger partial charge in [-0.1, -0.05) is 26.0 Å². The third-order valence-corrected chi connectivity index (χ3v) is 3.61. The maximum Gasteiger partial charge on any atom is 0.146 e. The molecule has 0 saturated carbocycles. The van der Waals surface area contributed by atoms with Gasteiger partial charge in [0.2, 0.25) is 0 Å². The molecule has 0 amide bonds. The molecular formula is C16H17NO. The molecule has 2 heteroatoms. The van der Waals surface area contributed by atoms with Gasteiger partial charge in [0.15, 0.2) is 0 Å². The number of nitrogens with zero attached hydrogens (tertiary/aromatic N) is 1. The van der Waals surface area contributed by atoms with Crippen molar-refractivity contribution in [1.82, 2.24) is 0 Å². The summed E-state index contributed by atoms with van der Waals surface area (Å²) in [5.74, 6) is 0. The molecule has 0 fully saturated rings. The Labute approximate surface area is 108 Å². The van der Waals surface area contributed by atoms with Gasteiger partial charge in [0.1, 0.15) is 6.29 Å². The standard InChI is InChI=1S/C16H17NO/c1-16(2)8-7-15(14(9-16)11-18)13-5-3-12(10-17)4-6-13/h3-6,11H,7-9H2,1-2H3. The van der Waals surface area contributed by atoms with Gasteiger partial charge in [0.05, 0.1) is 11.6 Å². The average molecular weight is 239 g/mol. The summed E-state index contributed by atoms with van der Waals surface area (Å²) in [5, 5.41) is 8.79. The number of allylic oxidation sites excluding steroid dienone is 2. The monoisotopic (exact) mass is 239 g/mol. The normalized spacial score (nSPS) is 18.3. The fourth-order valence-electron chi connectivity index (χ4n) is 2.52. The van der Waals surface area contributed by atoms with Gasteiger partial charge in [-0.05, 0) is 53.5 Å². The van der Waals surface area contributed by atoms with E-state index >= 15 is 0 Å². The number of carbonyl (C=O) groups is 1. The minimum Gasteiger partial charge on any atom is -0.298 e. The molecular weight excluding hydrogens is 222 g/mol. The molecule has 0 aliphatic heterocycles. The third kappa shape index (κ3) is 2.51. The lowest BCUT2D eigenvalue weighted by Crippen LogP contribution is -2.18. The number of carbonyl (C=O) groups excluding carboxylic acids is 1. The van der Waals surface area contributed by atoms with Crippen molar-refractivity contribution >= 4 is 11.9 Å². The second kappa shape index (κ2) is 4.78. The third-order valence-electron chi connectivity index (χ3n) is 3.61. The summed E-state index contributed by atoms with van der Waals surface area (Å²) in [7, 11) is 0. The molecule has 1 aliphatic rings. The maximum absolute atomic E-state index is 11.2. The lowest BCUT2D eigenvalue weighted by atomic mass is 9.73. The zero-order chi connectivity index (χ0) is 13.2. The van der Waals surface area contributed by atoms with Crippen molar-refractivity contribution in [2.75, 3.05) is 0 Å². The fraction of sp³-hybridized carbons (Fsp3) is 0.375. The minimum absolute atomic E-state index is 0.215. The van der Waals surface area contributed by atoms with Gasteiger partial charge in [-0.25, -0.2) is 0 Å². The summed E-state index contributed by atoms with van der Waals surface area (Å²) in [4.78, 5) is 11.2. The number of benzene rings is 1. The molecule has 0 saturated heterocycles. The molecule has 0 atom stereocenters. The molecule has 0 bridgehead atoms. The summed E-state index contributed by atoms with van der Waals surface area (Å²) in [6.45, 7) is 4.40. The van der Waals surface area contributed by atoms with Crippen molar-refractivity contribution < 1.29 is 4.79 Å². The van der Waals surface area contributed by atoms with Crippen LogP contribution in [-0.4, -0.2) is 6.29 Å². The lowest BCUT2D eigenvalue weighted by Gasteiger charge is -2.31. The summed E-state index contributed by atoms with van der Waals surface area (Å²) in [6, 6.07) is 9.61. The first-order chi connectivity index (χ1) is 8.55. The van der Waals surface area contributed by atoms with Crippen LogP contribution in [0.2, 0.25) is 0 Å². The number of rotatable bonds is 2. The Hall–Kier alpha value is -1.88. The molecule has 2 rings (SSSR count). The van der Waals surface area contributed by atoms with Crippen molar-refractivity contribution in [3.8, 4) is 6.07 Å². The van der Waals surface area contributed by atoms with Gasteiger partial charge < -0.3 is 0 Å². The molecule has 2 nitrogen and oxygen atoms in total. The highest BCUT2D eigenvalue weighted by atomic mass is 16.1. The largest absolute Gasteiger partial charge is 0.298 e. The van der Waals surface area contributed by atoms with E-state index in [0.717, 1.165) is 42.3 Å². The van der Waals surface area contributed by atoms with Crippen molar-refractivity contribution in [2.45, 2.75) is 33.1 Å². The van der Waals surface area contributed by atoms with Crippen molar-refractivity contribution in [3.63, 3.8) is 0 Å². The highest BCUT2D eigenvalue weighted by Gasteiger charge is 2.27. The van der Waals surface area contributed by atoms with Crippen molar-refractivity contribution in [3.05, 3.63) is 41.0 Å². The number of nitriles is 1. The smallest absolute Gasteiger partial charge is 0.146 e. The summed E-state index contributed by atoms with van der Waals surface area (Å²) in [5.41, 5.74) is 4.01. The van der Waals surface area contributed by atoms with Gasteiger partial charge in [0, 0.05) is 0 Å². The Balaban J connectivity index is 2.39. The first-order valence-electron chi connectivity index (χ1n) is 6.23. The molecule has 0 heterocycles. The van der Waals surface area contributed by atoms with Crippen LogP contribution in [0.3, 0.4) is 0 Å². The van der Waals surface area contributed by atoms with Gasteiger partial charge >= 0.3 is 0 Å². The average Bonchev–Trinajstić information content (AvgIpc) is 2.38. The molecule has 92 valence electrons. The molecule has 1 aliphatic carbocycles. The predicted molar refractivity (Wildman–Crippen MR) is 71.8 cm³/mol. The molecule has 0 spiro atoms. The Morgan fingerprint density at radius 1 is 1.28 bits per heavy atom. The summed E-state index contributed by atoms with van der Waals surface area (Å²) < 4.78 is 0. The van der Waals surface area contributed by atoms with Crippen molar-refractivity contribution in [2.24, 2.45) is 5.41 Å². The Bertz CT molecular complexity index is 529. The second-order valence-corrected chi connectivity index (χ2v) is 5.65. The fourth-order valence-corrected chi connectivity index (χ4v) is 2.52. The Morgan fingerprint density at radius 2 is 1.94 bits per heavy atom. The first-order valence-corrected chi connectivity index (χ1v) is 6.23. The van der Waals surface area contributed by atoms with Gasteiger partial charge in [-0.15, -0.1) is 0 Å². The Morgan fingerprint density at radius 3 is 2.50 bits per heavy atom. The van der Waals surface area contributed by atoms with Crippen LogP contribution in [0.25, 0.3) is 5.57 Å². The van der Waals surface area contributed by atoms with E-state index in [-0.39, 0.29) is 5.41 Å². The topological polar surface area (TPSA) is 40.9 Å². The van der Waals surface area contributed by atoms with E-state index < -0.39 is 0 Å². The molecule has 0 radical (unpaired) electrons. The number of hydrogen-bond acceptors (Lipinski definition) is 2. The van der Waals surface area contributed by atoms with E-state index in [1.165, 1.54) is 0 Å². The van der Waals surface area contributed by atoms with Crippen LogP contribution in [0.15, 0.2) is 29.8 Å². The SMILES string of the molecule is CC1(C)CCC(c2ccc(C#N)cc2)=C(C=O)C1. The summed E-state index contributed by atoms with van der Waals surface area (Å²) in [6.07, 6.45) is 3.87. The van der Waals surface area contributed by atoms with Crippen LogP contribution in [-0.2, 0) is 4.79 Å². The maximum atomic E-state index is 11.2. The highest BCUT2D eigenvalue weighted by Crippen LogP contribution is 2.41. The van der Waals surface area contributed by atoms with Crippen LogP contribution < -0.4 is 0 Å². The highest BCUT2D eigenvalue weighted by molar-refractivity contribution is 5.89. The van der Waals surface area contributed by atoms with Crippen LogP contribution in [0.1, 0.15) is 44.2 Å². The van der Waals surface area contributed by atoms with E-state index in [4.69, 9.17) is 5.26 Å². The first kappa shape index (κ1) is 12.6. The van der Waals surface area contributed by atoms with Crippen LogP contribution in [0.4, 0.5) is 0 Å². The molecule has 0 aromatic heterocycles. The predicted octanol–water partition coefficient (Wildman–Crippen LogP) is 3.72. The molecule has 0 unspecified atom stereocenters. The van der Waals surface area contributed by atoms with Crippen LogP contribution in [0.5, 0.6) is 0 Å². The van der Waals surface area contributed by atoms with E-state index in [1.54, 1.807) is 0 Å². The van der Waals surface area contributed by atoms with Gasteiger partial charge in [-0.2, -0.15) is 5.26 Å². The van der Waals surface area contributed by atoms with E-state index in [9.17, 15) is 4.79 Å². The van der Waals surface area contributed by atoms with Crippen LogP contribution in [0, 0.1) is 16.7 Å². The van der Waals surface area contributed by atoms with E-state index in [2.05, 4.69) is 19.9 Å². The van der Waals surface area contributed by atoms with E-state index in [0.29, 0.717) is 5.56 Å². The van der Waals surface area contributed by atoms with Crippen LogP contribution >= 0.6 is 0 Å². The molecule has 18 heavy (non-hydrogen) atoms. The zero-order valence-corrected chi connectivity index (χ0v) is 10.9. The lowest BCUT2D eigenvalue weighted by molar-refractivity contribution is -0.105. The van der Waals surface area contributed by atoms with Gasteiger partial charge in [-0.3, -0.25) is 4.79 Å². The zero-order valence-electron chi connectivity index (χ0n) is 10.9.